The molecule has 1 nitrogen and oxygen atoms in total. The second-order valence-corrected chi connectivity index (χ2v) is 2.85. The molecule has 0 radical (unpaired) electrons. The lowest BCUT2D eigenvalue weighted by molar-refractivity contribution is -0.0926. The van der Waals surface area contributed by atoms with Gasteiger partial charge in [-0.05, 0) is 32.4 Å². The van der Waals surface area contributed by atoms with E-state index in [2.05, 4.69) is 11.3 Å². The third-order valence-corrected chi connectivity index (χ3v) is 1.30. The average Bonchev–Trinajstić information content (AvgIpc) is 1.98. The van der Waals surface area contributed by atoms with Crippen molar-refractivity contribution in [3.05, 3.63) is 35.6 Å². The first-order valence-electron chi connectivity index (χ1n) is 3.90. The largest absolute Gasteiger partial charge is 0.435 e. The quantitative estimate of drug-likeness (QED) is 0.483. The van der Waals surface area contributed by atoms with Crippen LogP contribution in [-0.4, -0.2) is 6.61 Å². The summed E-state index contributed by atoms with van der Waals surface area (Å²) >= 11 is 0. The fourth-order valence-electron chi connectivity index (χ4n) is 0.902. The van der Waals surface area contributed by atoms with E-state index in [1.165, 1.54) is 6.08 Å². The number of hydrogen-bond donors (Lipinski definition) is 0. The molecular formula is C10H14F2O. The Morgan fingerprint density at radius 2 is 1.85 bits per heavy atom. The summed E-state index contributed by atoms with van der Waals surface area (Å²) in [5, 5.41) is 0. The standard InChI is InChI=1S/C10H14F2O/c1-5-9(13-10(11)12)8(4)6-7(2)3/h5-6,10H,1H2,2-4H3/b9-8+. The number of rotatable bonds is 4. The number of allylic oxidation sites excluding steroid dienone is 4. The fraction of sp³-hybridized carbons (Fsp3) is 0.400. The Labute approximate surface area is 77.4 Å². The summed E-state index contributed by atoms with van der Waals surface area (Å²) in [7, 11) is 0. The van der Waals surface area contributed by atoms with E-state index >= 15 is 0 Å². The maximum absolute atomic E-state index is 11.8. The summed E-state index contributed by atoms with van der Waals surface area (Å²) in [6.07, 6.45) is 3.04. The molecule has 0 aliphatic rings. The lowest BCUT2D eigenvalue weighted by atomic mass is 10.2. The van der Waals surface area contributed by atoms with Crippen LogP contribution in [0.1, 0.15) is 20.8 Å². The van der Waals surface area contributed by atoms with Crippen molar-refractivity contribution in [1.29, 1.82) is 0 Å². The van der Waals surface area contributed by atoms with E-state index < -0.39 is 6.61 Å². The van der Waals surface area contributed by atoms with Crippen LogP contribution in [0.2, 0.25) is 0 Å². The Kier molecular flexibility index (Phi) is 5.04. The molecule has 0 saturated heterocycles. The molecule has 0 heterocycles. The van der Waals surface area contributed by atoms with E-state index in [0.29, 0.717) is 5.57 Å². The van der Waals surface area contributed by atoms with Crippen LogP contribution < -0.4 is 0 Å². The van der Waals surface area contributed by atoms with Gasteiger partial charge in [-0.25, -0.2) is 0 Å². The van der Waals surface area contributed by atoms with Crippen LogP contribution in [0.25, 0.3) is 0 Å². The van der Waals surface area contributed by atoms with Crippen molar-refractivity contribution < 1.29 is 13.5 Å². The highest BCUT2D eigenvalue weighted by Crippen LogP contribution is 2.13. The molecule has 0 atom stereocenters. The maximum atomic E-state index is 11.8. The van der Waals surface area contributed by atoms with E-state index in [1.54, 1.807) is 13.0 Å². The molecule has 0 aromatic carbocycles. The summed E-state index contributed by atoms with van der Waals surface area (Å²) in [5.41, 5.74) is 1.67. The van der Waals surface area contributed by atoms with E-state index in [4.69, 9.17) is 0 Å². The second kappa shape index (κ2) is 5.51. The maximum Gasteiger partial charge on any atom is 0.387 e. The van der Waals surface area contributed by atoms with Crippen molar-refractivity contribution in [2.45, 2.75) is 27.4 Å². The van der Waals surface area contributed by atoms with Crippen LogP contribution in [0.4, 0.5) is 8.78 Å². The van der Waals surface area contributed by atoms with Gasteiger partial charge in [0.05, 0.1) is 0 Å². The van der Waals surface area contributed by atoms with Crippen LogP contribution in [0.15, 0.2) is 35.6 Å². The van der Waals surface area contributed by atoms with Gasteiger partial charge in [-0.3, -0.25) is 0 Å². The van der Waals surface area contributed by atoms with Gasteiger partial charge in [0.2, 0.25) is 0 Å². The predicted molar refractivity (Wildman–Crippen MR) is 49.4 cm³/mol. The predicted octanol–water partition coefficient (Wildman–Crippen LogP) is 3.65. The molecule has 0 aliphatic carbocycles. The highest BCUT2D eigenvalue weighted by atomic mass is 19.3. The average molecular weight is 188 g/mol. The molecule has 0 bridgehead atoms. The zero-order chi connectivity index (χ0) is 10.4. The minimum atomic E-state index is -2.80. The molecule has 0 aromatic rings. The molecule has 0 spiro atoms. The number of alkyl halides is 2. The molecule has 0 aliphatic heterocycles. The van der Waals surface area contributed by atoms with Crippen molar-refractivity contribution in [2.24, 2.45) is 0 Å². The molecule has 0 amide bonds. The highest BCUT2D eigenvalue weighted by Gasteiger charge is 2.05. The van der Waals surface area contributed by atoms with Gasteiger partial charge in [-0.1, -0.05) is 18.2 Å². The molecule has 3 heteroatoms. The topological polar surface area (TPSA) is 9.23 Å². The summed E-state index contributed by atoms with van der Waals surface area (Å²) in [6, 6.07) is 0. The molecule has 0 N–H and O–H groups in total. The Bertz CT molecular complexity index is 235. The minimum absolute atomic E-state index is 0.121. The van der Waals surface area contributed by atoms with Gasteiger partial charge in [0.25, 0.3) is 0 Å². The Hall–Kier alpha value is -1.12. The lowest BCUT2D eigenvalue weighted by Crippen LogP contribution is -1.98. The van der Waals surface area contributed by atoms with E-state index in [0.717, 1.165) is 5.57 Å². The SMILES string of the molecule is C=C/C(OC(F)F)=C(/C)C=C(C)C. The van der Waals surface area contributed by atoms with Crippen molar-refractivity contribution in [3.8, 4) is 0 Å². The summed E-state index contributed by atoms with van der Waals surface area (Å²) < 4.78 is 27.9. The van der Waals surface area contributed by atoms with Gasteiger partial charge in [0.15, 0.2) is 0 Å². The summed E-state index contributed by atoms with van der Waals surface area (Å²) in [5.74, 6) is 0.121. The van der Waals surface area contributed by atoms with Gasteiger partial charge in [0, 0.05) is 0 Å². The van der Waals surface area contributed by atoms with Gasteiger partial charge >= 0.3 is 6.61 Å². The van der Waals surface area contributed by atoms with Gasteiger partial charge in [0.1, 0.15) is 5.76 Å². The van der Waals surface area contributed by atoms with Gasteiger partial charge in [-0.2, -0.15) is 8.78 Å². The highest BCUT2D eigenvalue weighted by molar-refractivity contribution is 5.28. The number of ether oxygens (including phenoxy) is 1. The van der Waals surface area contributed by atoms with Gasteiger partial charge in [-0.15, -0.1) is 0 Å². The molecule has 0 fully saturated rings. The third kappa shape index (κ3) is 5.17. The third-order valence-electron chi connectivity index (χ3n) is 1.30. The first-order valence-corrected chi connectivity index (χ1v) is 3.90. The molecule has 74 valence electrons. The molecule has 0 saturated carbocycles. The summed E-state index contributed by atoms with van der Waals surface area (Å²) in [4.78, 5) is 0. The van der Waals surface area contributed by atoms with Crippen molar-refractivity contribution in [3.63, 3.8) is 0 Å². The fourth-order valence-corrected chi connectivity index (χ4v) is 0.902. The van der Waals surface area contributed by atoms with E-state index in [-0.39, 0.29) is 5.76 Å². The zero-order valence-electron chi connectivity index (χ0n) is 8.10. The zero-order valence-corrected chi connectivity index (χ0v) is 8.10. The van der Waals surface area contributed by atoms with E-state index in [9.17, 15) is 8.78 Å². The normalized spacial score (nSPS) is 12.2. The minimum Gasteiger partial charge on any atom is -0.435 e. The first-order chi connectivity index (χ1) is 5.97. The van der Waals surface area contributed by atoms with Crippen molar-refractivity contribution >= 4 is 0 Å². The Morgan fingerprint density at radius 1 is 1.31 bits per heavy atom. The summed E-state index contributed by atoms with van der Waals surface area (Å²) in [6.45, 7) is 6.06. The van der Waals surface area contributed by atoms with Crippen molar-refractivity contribution in [1.82, 2.24) is 0 Å². The molecule has 0 rings (SSSR count). The number of hydrogen-bond acceptors (Lipinski definition) is 1. The van der Waals surface area contributed by atoms with Crippen LogP contribution in [0.3, 0.4) is 0 Å². The van der Waals surface area contributed by atoms with Crippen molar-refractivity contribution in [2.75, 3.05) is 0 Å². The van der Waals surface area contributed by atoms with Crippen LogP contribution in [-0.2, 0) is 4.74 Å². The monoisotopic (exact) mass is 188 g/mol. The molecule has 13 heavy (non-hydrogen) atoms. The molecule has 0 aromatic heterocycles. The molecular weight excluding hydrogens is 174 g/mol. The smallest absolute Gasteiger partial charge is 0.387 e. The van der Waals surface area contributed by atoms with E-state index in [1.807, 2.05) is 13.8 Å². The van der Waals surface area contributed by atoms with Gasteiger partial charge < -0.3 is 4.74 Å². The first kappa shape index (κ1) is 11.9. The molecule has 0 unspecified atom stereocenters. The number of halogens is 2. The van der Waals surface area contributed by atoms with Crippen LogP contribution >= 0.6 is 0 Å². The second-order valence-electron chi connectivity index (χ2n) is 2.85. The Balaban J connectivity index is 4.69. The lowest BCUT2D eigenvalue weighted by Gasteiger charge is -2.07. The van der Waals surface area contributed by atoms with Crippen LogP contribution in [0, 0.1) is 0 Å². The Morgan fingerprint density at radius 3 is 2.15 bits per heavy atom. The van der Waals surface area contributed by atoms with Crippen LogP contribution in [0.5, 0.6) is 0 Å².